The van der Waals surface area contributed by atoms with Crippen LogP contribution < -0.4 is 4.74 Å². The zero-order valence-corrected chi connectivity index (χ0v) is 16.9. The minimum absolute atomic E-state index is 0.0510. The largest absolute Gasteiger partial charge is 0.497 e. The van der Waals surface area contributed by atoms with E-state index in [0.29, 0.717) is 23.8 Å². The van der Waals surface area contributed by atoms with E-state index in [4.69, 9.17) is 4.74 Å². The molecule has 0 saturated carbocycles. The molecule has 0 bridgehead atoms. The van der Waals surface area contributed by atoms with Crippen LogP contribution in [0.3, 0.4) is 0 Å². The number of methoxy groups -OCH3 is 1. The lowest BCUT2D eigenvalue weighted by molar-refractivity contribution is 0.0682. The highest BCUT2D eigenvalue weighted by Gasteiger charge is 2.33. The molecule has 1 saturated heterocycles. The number of nitrogens with zero attached hydrogens (tertiary/aromatic N) is 5. The number of piperidine rings is 1. The number of amides is 1. The van der Waals surface area contributed by atoms with E-state index in [1.165, 1.54) is 0 Å². The zero-order chi connectivity index (χ0) is 18.1. The number of carbonyl (C=O) groups is 1. The minimum Gasteiger partial charge on any atom is -0.497 e. The average Bonchev–Trinajstić information content (AvgIpc) is 3.15. The van der Waals surface area contributed by atoms with Crippen molar-refractivity contribution in [3.8, 4) is 5.75 Å². The van der Waals surface area contributed by atoms with Crippen molar-refractivity contribution in [2.45, 2.75) is 19.8 Å². The van der Waals surface area contributed by atoms with Crippen molar-refractivity contribution >= 4 is 38.9 Å². The van der Waals surface area contributed by atoms with E-state index < -0.39 is 21.3 Å². The molecular weight excluding hydrogens is 445 g/mol. The highest BCUT2D eigenvalue weighted by Crippen LogP contribution is 2.33. The van der Waals surface area contributed by atoms with Crippen LogP contribution in [0.1, 0.15) is 30.1 Å². The number of ether oxygens (including phenoxy) is 1. The van der Waals surface area contributed by atoms with Crippen LogP contribution in [-0.4, -0.2) is 47.7 Å². The van der Waals surface area contributed by atoms with E-state index in [1.807, 2.05) is 35.0 Å². The molecule has 8 heteroatoms. The Morgan fingerprint density at radius 2 is 2.27 bits per heavy atom. The first-order chi connectivity index (χ1) is 12.7. The lowest BCUT2D eigenvalue weighted by atomic mass is 9.92. The van der Waals surface area contributed by atoms with Gasteiger partial charge < -0.3 is 9.64 Å². The second kappa shape index (κ2) is 7.26. The topological polar surface area (TPSA) is 69.9 Å². The van der Waals surface area contributed by atoms with Gasteiger partial charge >= 0.3 is 0 Å². The molecular formula is C18H20IN5O2. The van der Waals surface area contributed by atoms with Gasteiger partial charge in [0.05, 0.1) is 12.8 Å². The predicted molar refractivity (Wildman–Crippen MR) is 109 cm³/mol. The number of likely N-dealkylation sites (tertiary alicyclic amines) is 1. The molecule has 0 N–H and O–H groups in total. The third-order valence-electron chi connectivity index (χ3n) is 4.73. The van der Waals surface area contributed by atoms with Crippen molar-refractivity contribution in [2.24, 2.45) is 17.4 Å². The van der Waals surface area contributed by atoms with Gasteiger partial charge in [0.25, 0.3) is 11.9 Å². The Bertz CT molecular complexity index is 861. The number of carbonyl (C=O) groups excluding carboxylic acids is 1. The van der Waals surface area contributed by atoms with E-state index in [-0.39, 0.29) is 11.8 Å². The van der Waals surface area contributed by atoms with Crippen LogP contribution in [0.15, 0.2) is 47.5 Å². The third kappa shape index (κ3) is 3.29. The van der Waals surface area contributed by atoms with Crippen molar-refractivity contribution in [3.63, 3.8) is 0 Å². The van der Waals surface area contributed by atoms with Gasteiger partial charge in [-0.3, -0.25) is 4.79 Å². The van der Waals surface area contributed by atoms with Gasteiger partial charge in [0, 0.05) is 30.3 Å². The Balaban J connectivity index is 1.54. The maximum absolute atomic E-state index is 13.0. The second-order valence-corrected chi connectivity index (χ2v) is 7.84. The number of guanidine groups is 1. The normalized spacial score (nSPS) is 22.1. The zero-order valence-electron chi connectivity index (χ0n) is 14.7. The lowest BCUT2D eigenvalue weighted by Crippen LogP contribution is -2.43. The number of rotatable bonds is 3. The standard InChI is InChI=1S/C18H20IN5O2/c1-12-9-16(24-18(20-12)21-19-22-24)14-6-4-8-23(11-14)17(25)13-5-3-7-15(10-13)26-2/h3,5,7,9-10,14H,4,6,8,11H2,1-2H3. The van der Waals surface area contributed by atoms with E-state index in [0.717, 1.165) is 30.8 Å². The summed E-state index contributed by atoms with van der Waals surface area (Å²) in [5.74, 6) is 1.71. The first-order valence-corrected chi connectivity index (χ1v) is 10.5. The molecule has 1 aromatic carbocycles. The molecule has 3 heterocycles. The molecule has 1 unspecified atom stereocenters. The summed E-state index contributed by atoms with van der Waals surface area (Å²) in [6.07, 6.45) is 4.10. The summed E-state index contributed by atoms with van der Waals surface area (Å²) in [6, 6.07) is 7.35. The Morgan fingerprint density at radius 1 is 1.38 bits per heavy atom. The third-order valence-corrected chi connectivity index (χ3v) is 6.01. The second-order valence-electron chi connectivity index (χ2n) is 6.49. The molecule has 3 aliphatic rings. The molecule has 0 radical (unpaired) electrons. The summed E-state index contributed by atoms with van der Waals surface area (Å²) in [6.45, 7) is 3.45. The first kappa shape index (κ1) is 17.3. The fourth-order valence-electron chi connectivity index (χ4n) is 3.48. The van der Waals surface area contributed by atoms with Crippen molar-refractivity contribution in [2.75, 3.05) is 20.2 Å². The molecule has 1 aromatic rings. The van der Waals surface area contributed by atoms with E-state index in [9.17, 15) is 4.79 Å². The van der Waals surface area contributed by atoms with Gasteiger partial charge in [0.1, 0.15) is 5.75 Å². The lowest BCUT2D eigenvalue weighted by Gasteiger charge is -2.36. The number of hydrogen-bond acceptors (Lipinski definition) is 6. The SMILES string of the molecule is COc1cccc(C(=O)N2CCCC(C3=CC(C)=NC4=NI=NN34)C2)c1. The molecule has 1 atom stereocenters. The Kier molecular flexibility index (Phi) is 4.84. The molecule has 0 aromatic heterocycles. The molecule has 1 amide bonds. The molecule has 136 valence electrons. The van der Waals surface area contributed by atoms with Crippen LogP contribution >= 0.6 is 21.3 Å². The maximum Gasteiger partial charge on any atom is 0.257 e. The number of fused-ring (bicyclic) bond motifs is 1. The average molecular weight is 465 g/mol. The summed E-state index contributed by atoms with van der Waals surface area (Å²) >= 11 is -0.550. The number of aliphatic imine (C=N–C) groups is 1. The summed E-state index contributed by atoms with van der Waals surface area (Å²) < 4.78 is 14.2. The van der Waals surface area contributed by atoms with Crippen LogP contribution in [0.4, 0.5) is 0 Å². The molecule has 7 nitrogen and oxygen atoms in total. The molecule has 3 aliphatic heterocycles. The number of benzene rings is 1. The fourth-order valence-corrected chi connectivity index (χ4v) is 4.71. The van der Waals surface area contributed by atoms with Gasteiger partial charge in [0.2, 0.25) is 0 Å². The van der Waals surface area contributed by atoms with Gasteiger partial charge in [-0.05, 0) is 44.0 Å². The van der Waals surface area contributed by atoms with Crippen molar-refractivity contribution in [3.05, 3.63) is 41.6 Å². The predicted octanol–water partition coefficient (Wildman–Crippen LogP) is 3.56. The van der Waals surface area contributed by atoms with Crippen molar-refractivity contribution in [1.82, 2.24) is 9.91 Å². The van der Waals surface area contributed by atoms with E-state index in [1.54, 1.807) is 13.2 Å². The van der Waals surface area contributed by atoms with Crippen LogP contribution in [0.25, 0.3) is 0 Å². The quantitative estimate of drug-likeness (QED) is 0.642. The van der Waals surface area contributed by atoms with Crippen LogP contribution in [0, 0.1) is 5.92 Å². The fraction of sp³-hybridized carbons (Fsp3) is 0.389. The van der Waals surface area contributed by atoms with E-state index >= 15 is 0 Å². The van der Waals surface area contributed by atoms with Gasteiger partial charge in [-0.2, -0.15) is 8.21 Å². The smallest absolute Gasteiger partial charge is 0.257 e. The summed E-state index contributed by atoms with van der Waals surface area (Å²) in [5, 5.41) is 1.89. The summed E-state index contributed by atoms with van der Waals surface area (Å²) in [7, 11) is 1.61. The maximum atomic E-state index is 13.0. The Hall–Kier alpha value is -2.10. The first-order valence-electron chi connectivity index (χ1n) is 8.58. The van der Waals surface area contributed by atoms with Gasteiger partial charge in [-0.25, -0.2) is 4.99 Å². The molecule has 0 aliphatic carbocycles. The monoisotopic (exact) mass is 465 g/mol. The van der Waals surface area contributed by atoms with Gasteiger partial charge in [-0.15, -0.1) is 3.25 Å². The molecule has 26 heavy (non-hydrogen) atoms. The highest BCUT2D eigenvalue weighted by molar-refractivity contribution is 14.1. The number of halogens is 1. The van der Waals surface area contributed by atoms with E-state index in [2.05, 4.69) is 17.5 Å². The van der Waals surface area contributed by atoms with Crippen molar-refractivity contribution < 1.29 is 9.53 Å². The van der Waals surface area contributed by atoms with Gasteiger partial charge in [0.15, 0.2) is 21.3 Å². The van der Waals surface area contributed by atoms with Crippen LogP contribution in [0.2, 0.25) is 0 Å². The van der Waals surface area contributed by atoms with Crippen molar-refractivity contribution in [1.29, 1.82) is 0 Å². The van der Waals surface area contributed by atoms with Crippen LogP contribution in [0.5, 0.6) is 5.75 Å². The summed E-state index contributed by atoms with van der Waals surface area (Å²) in [4.78, 5) is 19.4. The van der Waals surface area contributed by atoms with Crippen LogP contribution in [-0.2, 0) is 0 Å². The molecule has 4 rings (SSSR count). The van der Waals surface area contributed by atoms with Gasteiger partial charge in [-0.1, -0.05) is 6.07 Å². The highest BCUT2D eigenvalue weighted by atomic mass is 127. The molecule has 1 fully saturated rings. The Labute approximate surface area is 162 Å². The molecule has 0 spiro atoms. The number of hydrogen-bond donors (Lipinski definition) is 0. The summed E-state index contributed by atoms with van der Waals surface area (Å²) in [5.41, 5.74) is 2.74. The minimum atomic E-state index is -0.550. The Morgan fingerprint density at radius 3 is 3.12 bits per heavy atom. The number of allylic oxidation sites excluding steroid dienone is 1.